The predicted molar refractivity (Wildman–Crippen MR) is 266 cm³/mol. The lowest BCUT2D eigenvalue weighted by molar-refractivity contribution is -0.167. The van der Waals surface area contributed by atoms with Gasteiger partial charge in [0.15, 0.2) is 6.10 Å². The molecule has 0 aliphatic heterocycles. The van der Waals surface area contributed by atoms with Gasteiger partial charge in [0.2, 0.25) is 0 Å². The molecule has 0 aromatic carbocycles. The Morgan fingerprint density at radius 1 is 0.306 bits per heavy atom. The van der Waals surface area contributed by atoms with Crippen LogP contribution in [-0.2, 0) is 28.6 Å². The zero-order chi connectivity index (χ0) is 45.2. The van der Waals surface area contributed by atoms with Gasteiger partial charge in [0.1, 0.15) is 13.2 Å². The van der Waals surface area contributed by atoms with Crippen molar-refractivity contribution in [1.29, 1.82) is 0 Å². The third-order valence-electron chi connectivity index (χ3n) is 12.8. The summed E-state index contributed by atoms with van der Waals surface area (Å²) < 4.78 is 16.8. The summed E-state index contributed by atoms with van der Waals surface area (Å²) in [4.78, 5) is 38.0. The summed E-state index contributed by atoms with van der Waals surface area (Å²) in [7, 11) is 0. The van der Waals surface area contributed by atoms with Crippen molar-refractivity contribution in [3.8, 4) is 0 Å². The van der Waals surface area contributed by atoms with Gasteiger partial charge in [0.05, 0.1) is 0 Å². The van der Waals surface area contributed by atoms with Gasteiger partial charge in [-0.25, -0.2) is 0 Å². The van der Waals surface area contributed by atoms with Crippen LogP contribution in [0.25, 0.3) is 0 Å². The van der Waals surface area contributed by atoms with Gasteiger partial charge in [-0.2, -0.15) is 0 Å². The minimum atomic E-state index is -0.760. The largest absolute Gasteiger partial charge is 0.462 e. The van der Waals surface area contributed by atoms with Crippen molar-refractivity contribution in [1.82, 2.24) is 0 Å². The summed E-state index contributed by atoms with van der Waals surface area (Å²) in [5, 5.41) is 0. The summed E-state index contributed by atoms with van der Waals surface area (Å²) in [6.45, 7) is 9.04. The first-order valence-electron chi connectivity index (χ1n) is 27.9. The highest BCUT2D eigenvalue weighted by molar-refractivity contribution is 5.71. The van der Waals surface area contributed by atoms with Crippen molar-refractivity contribution in [2.75, 3.05) is 13.2 Å². The van der Waals surface area contributed by atoms with E-state index >= 15 is 0 Å². The summed E-state index contributed by atoms with van der Waals surface area (Å²) in [6.07, 6.45) is 53.8. The zero-order valence-electron chi connectivity index (χ0n) is 42.3. The first kappa shape index (κ1) is 60.4. The maximum Gasteiger partial charge on any atom is 0.306 e. The van der Waals surface area contributed by atoms with Crippen LogP contribution >= 0.6 is 0 Å². The molecule has 0 heterocycles. The number of unbranched alkanes of at least 4 members (excludes halogenated alkanes) is 38. The Morgan fingerprint density at radius 2 is 0.532 bits per heavy atom. The zero-order valence-corrected chi connectivity index (χ0v) is 42.3. The highest BCUT2D eigenvalue weighted by Gasteiger charge is 2.19. The van der Waals surface area contributed by atoms with Crippen LogP contribution in [0, 0.1) is 5.92 Å². The topological polar surface area (TPSA) is 78.9 Å². The maximum absolute atomic E-state index is 12.7. The lowest BCUT2D eigenvalue weighted by atomic mass is 10.0. The highest BCUT2D eigenvalue weighted by Crippen LogP contribution is 2.18. The fourth-order valence-electron chi connectivity index (χ4n) is 8.57. The maximum atomic E-state index is 12.7. The first-order chi connectivity index (χ1) is 30.4. The number of hydrogen-bond donors (Lipinski definition) is 0. The van der Waals surface area contributed by atoms with Crippen LogP contribution in [-0.4, -0.2) is 37.2 Å². The van der Waals surface area contributed by atoms with Crippen LogP contribution in [0.5, 0.6) is 0 Å². The van der Waals surface area contributed by atoms with Crippen LogP contribution in [0.3, 0.4) is 0 Å². The van der Waals surface area contributed by atoms with E-state index in [-0.39, 0.29) is 31.1 Å². The first-order valence-corrected chi connectivity index (χ1v) is 27.9. The second-order valence-corrected chi connectivity index (χ2v) is 19.7. The van der Waals surface area contributed by atoms with E-state index in [4.69, 9.17) is 14.2 Å². The Hall–Kier alpha value is -1.59. The summed E-state index contributed by atoms with van der Waals surface area (Å²) in [5.41, 5.74) is 0. The van der Waals surface area contributed by atoms with E-state index < -0.39 is 6.10 Å². The number of carbonyl (C=O) groups excluding carboxylic acids is 3. The van der Waals surface area contributed by atoms with E-state index in [0.717, 1.165) is 63.7 Å². The van der Waals surface area contributed by atoms with Crippen LogP contribution in [0.2, 0.25) is 0 Å². The highest BCUT2D eigenvalue weighted by atomic mass is 16.6. The molecule has 0 rings (SSSR count). The summed E-state index contributed by atoms with van der Waals surface area (Å²) in [6, 6.07) is 0. The van der Waals surface area contributed by atoms with E-state index in [1.165, 1.54) is 212 Å². The quantitative estimate of drug-likeness (QED) is 0.0344. The third-order valence-corrected chi connectivity index (χ3v) is 12.8. The molecule has 0 radical (unpaired) electrons. The Kier molecular flexibility index (Phi) is 49.1. The second kappa shape index (κ2) is 50.4. The van der Waals surface area contributed by atoms with Crippen LogP contribution in [0.4, 0.5) is 0 Å². The van der Waals surface area contributed by atoms with E-state index in [1.807, 2.05) is 0 Å². The average Bonchev–Trinajstić information content (AvgIpc) is 3.26. The number of carbonyl (C=O) groups is 3. The number of hydrogen-bond acceptors (Lipinski definition) is 6. The summed E-state index contributed by atoms with van der Waals surface area (Å²) in [5.74, 6) is 0.00293. The Labute approximate surface area is 387 Å². The Morgan fingerprint density at radius 3 is 0.790 bits per heavy atom. The Balaban J connectivity index is 4.19. The smallest absolute Gasteiger partial charge is 0.306 e. The fraction of sp³-hybridized carbons (Fsp3) is 0.946. The van der Waals surface area contributed by atoms with Crippen LogP contribution < -0.4 is 0 Å². The average molecular weight is 877 g/mol. The minimum absolute atomic E-state index is 0.0624. The molecule has 368 valence electrons. The van der Waals surface area contributed by atoms with Gasteiger partial charge in [0.25, 0.3) is 0 Å². The molecular formula is C56H108O6. The molecule has 0 aliphatic rings. The molecule has 0 unspecified atom stereocenters. The van der Waals surface area contributed by atoms with Crippen molar-refractivity contribution >= 4 is 17.9 Å². The molecular weight excluding hydrogens is 769 g/mol. The van der Waals surface area contributed by atoms with Crippen LogP contribution in [0.1, 0.15) is 317 Å². The number of rotatable bonds is 51. The van der Waals surface area contributed by atoms with Crippen molar-refractivity contribution in [3.05, 3.63) is 0 Å². The van der Waals surface area contributed by atoms with Crippen molar-refractivity contribution < 1.29 is 28.6 Å². The standard InChI is InChI=1S/C56H108O6/c1-5-7-9-11-13-15-16-17-18-19-20-21-25-28-32-35-39-43-47-54(57)60-50-53(62-56(59)49-45-41-37-30-14-12-10-8-6-2)51-61-55(58)48-44-40-36-33-29-26-23-22-24-27-31-34-38-42-46-52(3)4/h52-53H,5-51H2,1-4H3/t53-/m0/s1. The van der Waals surface area contributed by atoms with Gasteiger partial charge >= 0.3 is 17.9 Å². The lowest BCUT2D eigenvalue weighted by Gasteiger charge is -2.18. The van der Waals surface area contributed by atoms with E-state index in [9.17, 15) is 14.4 Å². The molecule has 0 N–H and O–H groups in total. The molecule has 0 saturated carbocycles. The van der Waals surface area contributed by atoms with Crippen molar-refractivity contribution in [3.63, 3.8) is 0 Å². The fourth-order valence-corrected chi connectivity index (χ4v) is 8.57. The van der Waals surface area contributed by atoms with Gasteiger partial charge in [-0.1, -0.05) is 278 Å². The van der Waals surface area contributed by atoms with Crippen molar-refractivity contribution in [2.45, 2.75) is 323 Å². The molecule has 1 atom stereocenters. The van der Waals surface area contributed by atoms with Crippen LogP contribution in [0.15, 0.2) is 0 Å². The molecule has 0 spiro atoms. The monoisotopic (exact) mass is 877 g/mol. The molecule has 0 aromatic rings. The Bertz CT molecular complexity index is 933. The summed E-state index contributed by atoms with van der Waals surface area (Å²) >= 11 is 0. The molecule has 0 saturated heterocycles. The van der Waals surface area contributed by atoms with Gasteiger partial charge < -0.3 is 14.2 Å². The van der Waals surface area contributed by atoms with E-state index in [1.54, 1.807) is 0 Å². The molecule has 0 amide bonds. The molecule has 0 aromatic heterocycles. The van der Waals surface area contributed by atoms with E-state index in [0.29, 0.717) is 19.3 Å². The molecule has 0 aliphatic carbocycles. The predicted octanol–water partition coefficient (Wildman–Crippen LogP) is 18.2. The molecule has 62 heavy (non-hydrogen) atoms. The van der Waals surface area contributed by atoms with Gasteiger partial charge in [0, 0.05) is 19.3 Å². The number of esters is 3. The minimum Gasteiger partial charge on any atom is -0.462 e. The molecule has 6 heteroatoms. The van der Waals surface area contributed by atoms with Gasteiger partial charge in [-0.15, -0.1) is 0 Å². The normalized spacial score (nSPS) is 12.0. The lowest BCUT2D eigenvalue weighted by Crippen LogP contribution is -2.30. The van der Waals surface area contributed by atoms with Gasteiger partial charge in [-0.3, -0.25) is 14.4 Å². The second-order valence-electron chi connectivity index (χ2n) is 19.7. The molecule has 6 nitrogen and oxygen atoms in total. The number of ether oxygens (including phenoxy) is 3. The van der Waals surface area contributed by atoms with Gasteiger partial charge in [-0.05, 0) is 25.2 Å². The third kappa shape index (κ3) is 49.4. The molecule has 0 fully saturated rings. The molecule has 0 bridgehead atoms. The van der Waals surface area contributed by atoms with Crippen molar-refractivity contribution in [2.24, 2.45) is 5.92 Å². The van der Waals surface area contributed by atoms with E-state index in [2.05, 4.69) is 27.7 Å². The SMILES string of the molecule is CCCCCCCCCCCCCCCCCCCCC(=O)OC[C@@H](COC(=O)CCCCCCCCCCCCCCCCC(C)C)OC(=O)CCCCCCCCCCC.